The average Bonchev–Trinajstić information content (AvgIpc) is 3.51. The third-order valence-corrected chi connectivity index (χ3v) is 11.5. The smallest absolute Gasteiger partial charge is 0.306 e. The number of unbranched alkanes of at least 4 members (excludes halogenated alkanes) is 9. The van der Waals surface area contributed by atoms with Crippen molar-refractivity contribution in [1.29, 1.82) is 0 Å². The summed E-state index contributed by atoms with van der Waals surface area (Å²) in [5.74, 6) is 1.34. The molecule has 1 aromatic rings. The van der Waals surface area contributed by atoms with Crippen molar-refractivity contribution in [2.45, 2.75) is 175 Å². The number of carbonyl (C=O) groups excluding carboxylic acids is 2. The van der Waals surface area contributed by atoms with E-state index in [1.165, 1.54) is 49.0 Å². The van der Waals surface area contributed by atoms with Gasteiger partial charge in [0.2, 0.25) is 0 Å². The Bertz CT molecular complexity index is 1620. The topological polar surface area (TPSA) is 145 Å². The Morgan fingerprint density at radius 2 is 1.28 bits per heavy atom. The summed E-state index contributed by atoms with van der Waals surface area (Å²) in [6, 6.07) is 0. The fraction of sp³-hybridized carbons (Fsp3) is 0.654. The lowest BCUT2D eigenvalue weighted by Gasteiger charge is -2.28. The number of aryl methyl sites for hydroxylation is 2. The minimum Gasteiger partial charge on any atom is -0.756 e. The van der Waals surface area contributed by atoms with Crippen LogP contribution in [-0.2, 0) is 45.5 Å². The average molecular weight is 916 g/mol. The summed E-state index contributed by atoms with van der Waals surface area (Å²) < 4.78 is 40.1. The van der Waals surface area contributed by atoms with Crippen LogP contribution in [0.15, 0.2) is 77.3 Å². The molecule has 12 heteroatoms. The van der Waals surface area contributed by atoms with Gasteiger partial charge in [-0.3, -0.25) is 14.2 Å². The third-order valence-electron chi connectivity index (χ3n) is 10.5. The van der Waals surface area contributed by atoms with E-state index in [-0.39, 0.29) is 26.1 Å². The lowest BCUT2D eigenvalue weighted by Crippen LogP contribution is -2.37. The summed E-state index contributed by atoms with van der Waals surface area (Å²) in [4.78, 5) is 37.7. The van der Waals surface area contributed by atoms with Gasteiger partial charge in [-0.05, 0) is 82.8 Å². The molecule has 64 heavy (non-hydrogen) atoms. The van der Waals surface area contributed by atoms with Crippen molar-refractivity contribution >= 4 is 19.8 Å². The summed E-state index contributed by atoms with van der Waals surface area (Å²) in [5, 5.41) is 9.86. The van der Waals surface area contributed by atoms with Gasteiger partial charge in [0, 0.05) is 25.7 Å². The molecule has 1 rings (SSSR count). The zero-order chi connectivity index (χ0) is 47.3. The van der Waals surface area contributed by atoms with Crippen LogP contribution in [0.4, 0.5) is 0 Å². The highest BCUT2D eigenvalue weighted by atomic mass is 31.2. The number of phosphoric ester groups is 1. The number of ether oxygens (including phenoxy) is 2. The second kappa shape index (κ2) is 36.9. The fourth-order valence-corrected chi connectivity index (χ4v) is 7.20. The minimum absolute atomic E-state index is 0.0617. The van der Waals surface area contributed by atoms with E-state index >= 15 is 0 Å². The molecule has 0 aliphatic carbocycles. The number of phosphoric acid groups is 1. The fourth-order valence-electron chi connectivity index (χ4n) is 6.47. The van der Waals surface area contributed by atoms with Crippen molar-refractivity contribution in [3.8, 4) is 0 Å². The summed E-state index contributed by atoms with van der Waals surface area (Å²) in [6.07, 6.45) is 41.0. The predicted octanol–water partition coefficient (Wildman–Crippen LogP) is 11.8. The van der Waals surface area contributed by atoms with Crippen molar-refractivity contribution in [1.82, 2.24) is 0 Å². The molecule has 0 saturated heterocycles. The first kappa shape index (κ1) is 58.7. The van der Waals surface area contributed by atoms with E-state index in [1.807, 2.05) is 63.7 Å². The van der Waals surface area contributed by atoms with Crippen molar-refractivity contribution in [3.63, 3.8) is 0 Å². The highest BCUT2D eigenvalue weighted by Gasteiger charge is 2.22. The van der Waals surface area contributed by atoms with Gasteiger partial charge >= 0.3 is 11.9 Å². The number of furan rings is 1. The van der Waals surface area contributed by atoms with Gasteiger partial charge in [-0.2, -0.15) is 0 Å². The zero-order valence-electron chi connectivity index (χ0n) is 40.8. The lowest BCUT2D eigenvalue weighted by atomic mass is 10.0. The maximum atomic E-state index is 12.7. The van der Waals surface area contributed by atoms with Crippen molar-refractivity contribution in [3.05, 3.63) is 95.6 Å². The highest BCUT2D eigenvalue weighted by molar-refractivity contribution is 7.45. The molecule has 0 amide bonds. The molecule has 1 heterocycles. The van der Waals surface area contributed by atoms with E-state index in [1.54, 1.807) is 6.08 Å². The standard InChI is InChI=1S/C52H86NO10P/c1-8-10-29-35-47(54)36-31-25-21-17-15-13-12-14-16-18-24-28-34-40-52(56)62-48(44-61-64(57,58)60-42-41-53(5,6)7)43-59-51(55)39-33-27-23-20-19-22-26-32-38-50-46(4)45(3)49(63-50)37-30-11-9-2/h10,13-16,21,24-25,28-29,31,36,47-48,54H,8-9,11-12,17-20,22-23,26-27,30,32-35,37-44H2,1-7H3/b15-13-,16-14-,25-21+,28-24-,29-10-,36-31+/t47?,48-/m1/s1. The lowest BCUT2D eigenvalue weighted by molar-refractivity contribution is -0.870. The molecule has 0 aromatic carbocycles. The Hall–Kier alpha value is -3.31. The van der Waals surface area contributed by atoms with Gasteiger partial charge in [0.1, 0.15) is 31.3 Å². The number of nitrogens with zero attached hydrogens (tertiary/aromatic N) is 1. The van der Waals surface area contributed by atoms with Gasteiger partial charge in [-0.1, -0.05) is 138 Å². The first-order valence-corrected chi connectivity index (χ1v) is 25.6. The Morgan fingerprint density at radius 1 is 0.703 bits per heavy atom. The molecule has 2 unspecified atom stereocenters. The van der Waals surface area contributed by atoms with Gasteiger partial charge in [0.25, 0.3) is 7.82 Å². The van der Waals surface area contributed by atoms with Gasteiger partial charge < -0.3 is 37.4 Å². The molecule has 1 aromatic heterocycles. The van der Waals surface area contributed by atoms with E-state index in [9.17, 15) is 24.2 Å². The molecule has 0 radical (unpaired) electrons. The Morgan fingerprint density at radius 3 is 1.89 bits per heavy atom. The van der Waals surface area contributed by atoms with Crippen molar-refractivity contribution in [2.75, 3.05) is 47.5 Å². The number of likely N-dealkylation sites (N-methyl/N-ethyl adjacent to an activating group) is 1. The first-order chi connectivity index (χ1) is 30.7. The molecule has 364 valence electrons. The van der Waals surface area contributed by atoms with Crippen LogP contribution in [0.3, 0.4) is 0 Å². The van der Waals surface area contributed by atoms with E-state index < -0.39 is 38.6 Å². The van der Waals surface area contributed by atoms with Gasteiger partial charge in [0.15, 0.2) is 6.10 Å². The van der Waals surface area contributed by atoms with Crippen LogP contribution in [0.5, 0.6) is 0 Å². The maximum absolute atomic E-state index is 12.7. The van der Waals surface area contributed by atoms with E-state index in [4.69, 9.17) is 22.9 Å². The number of hydrogen-bond donors (Lipinski definition) is 1. The number of allylic oxidation sites excluding steroid dienone is 10. The molecule has 3 atom stereocenters. The maximum Gasteiger partial charge on any atom is 0.306 e. The third kappa shape index (κ3) is 33.2. The zero-order valence-corrected chi connectivity index (χ0v) is 41.7. The van der Waals surface area contributed by atoms with Crippen molar-refractivity contribution in [2.24, 2.45) is 0 Å². The summed E-state index contributed by atoms with van der Waals surface area (Å²) in [5.41, 5.74) is 2.64. The second-order valence-electron chi connectivity index (χ2n) is 17.5. The summed E-state index contributed by atoms with van der Waals surface area (Å²) in [6.45, 7) is 8.20. The molecule has 0 spiro atoms. The molecule has 0 saturated carbocycles. The molecule has 11 nitrogen and oxygen atoms in total. The number of esters is 2. The van der Waals surface area contributed by atoms with E-state index in [0.29, 0.717) is 30.3 Å². The number of aliphatic hydroxyl groups excluding tert-OH is 1. The van der Waals surface area contributed by atoms with Crippen LogP contribution in [-0.4, -0.2) is 81.2 Å². The van der Waals surface area contributed by atoms with Crippen LogP contribution in [0.1, 0.15) is 158 Å². The molecule has 1 N–H and O–H groups in total. The highest BCUT2D eigenvalue weighted by Crippen LogP contribution is 2.38. The van der Waals surface area contributed by atoms with Crippen LogP contribution >= 0.6 is 7.82 Å². The molecule has 0 aliphatic heterocycles. The summed E-state index contributed by atoms with van der Waals surface area (Å²) in [7, 11) is 1.06. The Kier molecular flexibility index (Phi) is 33.8. The molecule has 0 aliphatic rings. The quantitative estimate of drug-likeness (QED) is 0.0169. The SMILES string of the molecule is CC/C=C\CC(O)/C=C/C=C/C/C=C\C/C=C\C/C=C\CCC(=O)O[C@H](COC(=O)CCCCCCCCCCc1oc(CCCCC)c(C)c1C)COP(=O)([O-])OCC[N+](C)(C)C. The van der Waals surface area contributed by atoms with Crippen LogP contribution < -0.4 is 4.89 Å². The van der Waals surface area contributed by atoms with E-state index in [0.717, 1.165) is 76.4 Å². The molecule has 0 fully saturated rings. The van der Waals surface area contributed by atoms with Crippen LogP contribution in [0.2, 0.25) is 0 Å². The van der Waals surface area contributed by atoms with E-state index in [2.05, 4.69) is 52.0 Å². The number of rotatable bonds is 39. The van der Waals surface area contributed by atoms with Gasteiger partial charge in [0.05, 0.1) is 33.9 Å². The van der Waals surface area contributed by atoms with Crippen molar-refractivity contribution < 1.29 is 51.6 Å². The molecule has 0 bridgehead atoms. The number of hydrogen-bond acceptors (Lipinski definition) is 10. The van der Waals surface area contributed by atoms with Crippen LogP contribution in [0.25, 0.3) is 0 Å². The minimum atomic E-state index is -4.68. The Balaban J connectivity index is 2.40. The Labute approximate surface area is 387 Å². The largest absolute Gasteiger partial charge is 0.756 e. The van der Waals surface area contributed by atoms with Gasteiger partial charge in [-0.15, -0.1) is 0 Å². The molecular formula is C52H86NO10P. The van der Waals surface area contributed by atoms with Gasteiger partial charge in [-0.25, -0.2) is 0 Å². The molecular weight excluding hydrogens is 830 g/mol. The summed E-state index contributed by atoms with van der Waals surface area (Å²) >= 11 is 0. The normalized spacial score (nSPS) is 14.6. The monoisotopic (exact) mass is 916 g/mol. The number of carbonyl (C=O) groups is 2. The first-order valence-electron chi connectivity index (χ1n) is 24.1. The predicted molar refractivity (Wildman–Crippen MR) is 259 cm³/mol. The number of aliphatic hydroxyl groups is 1. The second-order valence-corrected chi connectivity index (χ2v) is 18.9. The van der Waals surface area contributed by atoms with Crippen LogP contribution in [0, 0.1) is 13.8 Å². The number of quaternary nitrogens is 1.